The molecular weight excluding hydrogens is 776 g/mol. The topological polar surface area (TPSA) is 184 Å². The molecule has 14 nitrogen and oxygen atoms in total. The van der Waals surface area contributed by atoms with E-state index in [2.05, 4.69) is 25.6 Å². The monoisotopic (exact) mass is 808 g/mol. The molecule has 0 saturated heterocycles. The summed E-state index contributed by atoms with van der Waals surface area (Å²) >= 11 is 0.698. The molecule has 6 aromatic rings. The summed E-state index contributed by atoms with van der Waals surface area (Å²) in [4.78, 5) is 50.4. The van der Waals surface area contributed by atoms with Crippen LogP contribution >= 0.6 is 19.2 Å². The molecule has 3 N–H and O–H groups in total. The average molecular weight is 809 g/mol. The third-order valence-corrected chi connectivity index (χ3v) is 10.3. The summed E-state index contributed by atoms with van der Waals surface area (Å²) in [5.41, 5.74) is -0.706. The van der Waals surface area contributed by atoms with E-state index in [0.717, 1.165) is 11.6 Å². The zero-order valence-electron chi connectivity index (χ0n) is 29.4. The largest absolute Gasteiger partial charge is 0.477 e. The number of pyridine rings is 3. The van der Waals surface area contributed by atoms with Gasteiger partial charge in [-0.05, 0) is 30.2 Å². The number of carboxylic acids is 1. The van der Waals surface area contributed by atoms with Crippen molar-refractivity contribution in [2.45, 2.75) is 32.9 Å². The van der Waals surface area contributed by atoms with E-state index in [1.54, 1.807) is 55.5 Å². The predicted octanol–water partition coefficient (Wildman–Crippen LogP) is 8.00. The molecule has 0 saturated carbocycles. The molecule has 56 heavy (non-hydrogen) atoms. The molecule has 0 unspecified atom stereocenters. The van der Waals surface area contributed by atoms with Gasteiger partial charge < -0.3 is 15.0 Å². The van der Waals surface area contributed by atoms with Crippen LogP contribution in [0.3, 0.4) is 0 Å². The highest BCUT2D eigenvalue weighted by molar-refractivity contribution is 7.48. The van der Waals surface area contributed by atoms with E-state index >= 15 is 0 Å². The molecule has 0 fully saturated rings. The van der Waals surface area contributed by atoms with Crippen molar-refractivity contribution < 1.29 is 46.0 Å². The first-order valence-corrected chi connectivity index (χ1v) is 19.1. The van der Waals surface area contributed by atoms with E-state index in [0.29, 0.717) is 29.0 Å². The molecule has 19 heteroatoms. The lowest BCUT2D eigenvalue weighted by atomic mass is 10.0. The Kier molecular flexibility index (Phi) is 12.4. The number of amides is 2. The predicted molar refractivity (Wildman–Crippen MR) is 201 cm³/mol. The zero-order valence-corrected chi connectivity index (χ0v) is 31.1. The summed E-state index contributed by atoms with van der Waals surface area (Å²) in [7, 11) is -4.22. The fourth-order valence-corrected chi connectivity index (χ4v) is 7.34. The van der Waals surface area contributed by atoms with Crippen LogP contribution in [-0.4, -0.2) is 49.8 Å². The molecule has 0 atom stereocenters. The number of phosphoric acid groups is 1. The van der Waals surface area contributed by atoms with Crippen LogP contribution in [0.25, 0.3) is 32.7 Å². The number of anilines is 1. The van der Waals surface area contributed by atoms with Gasteiger partial charge in [0.1, 0.15) is 22.0 Å². The minimum atomic E-state index is -4.73. The number of phosphoric ester groups is 1. The second kappa shape index (κ2) is 17.3. The van der Waals surface area contributed by atoms with Crippen LogP contribution in [0.15, 0.2) is 102 Å². The van der Waals surface area contributed by atoms with Gasteiger partial charge in [-0.15, -0.1) is 11.3 Å². The van der Waals surface area contributed by atoms with Crippen molar-refractivity contribution in [1.29, 1.82) is 0 Å². The SMILES string of the molecule is CCNC(=O)Nc1cc(-c2nc(C(F)(F)F)cs2)c(-c2cnc3c(c2)c(=O)c(C(=O)O)cn3CCOP(=O)(OCc2ccccc2)OCc2ccccc2)cn1. The number of alkyl halides is 3. The number of carboxylic acid groups (broad SMARTS) is 1. The van der Waals surface area contributed by atoms with Crippen LogP contribution in [0, 0.1) is 0 Å². The fourth-order valence-electron chi connectivity index (χ4n) is 5.34. The summed E-state index contributed by atoms with van der Waals surface area (Å²) in [5.74, 6) is -1.54. The molecule has 0 aliphatic carbocycles. The number of aromatic nitrogens is 4. The fraction of sp³-hybridized carbons (Fsp3) is 0.189. The molecule has 0 aliphatic rings. The lowest BCUT2D eigenvalue weighted by molar-refractivity contribution is -0.140. The van der Waals surface area contributed by atoms with Gasteiger partial charge in [0.15, 0.2) is 5.69 Å². The molecule has 0 bridgehead atoms. The zero-order chi connectivity index (χ0) is 39.9. The molecule has 2 amide bonds. The van der Waals surface area contributed by atoms with Crippen molar-refractivity contribution in [3.8, 4) is 21.7 Å². The highest BCUT2D eigenvalue weighted by atomic mass is 32.1. The smallest absolute Gasteiger partial charge is 0.475 e. The summed E-state index contributed by atoms with van der Waals surface area (Å²) in [6.07, 6.45) is -1.06. The van der Waals surface area contributed by atoms with Crippen molar-refractivity contribution in [1.82, 2.24) is 24.8 Å². The molecule has 2 aromatic carbocycles. The van der Waals surface area contributed by atoms with Gasteiger partial charge in [0.2, 0.25) is 5.43 Å². The lowest BCUT2D eigenvalue weighted by Crippen LogP contribution is -2.28. The number of nitrogens with one attached hydrogen (secondary N) is 2. The molecule has 6 rings (SSSR count). The number of fused-ring (bicyclic) bond motifs is 1. The molecule has 290 valence electrons. The first-order chi connectivity index (χ1) is 26.8. The quantitative estimate of drug-likeness (QED) is 0.0855. The molecule has 4 aromatic heterocycles. The van der Waals surface area contributed by atoms with Gasteiger partial charge >= 0.3 is 26.0 Å². The van der Waals surface area contributed by atoms with Crippen LogP contribution in [0.2, 0.25) is 0 Å². The number of hydrogen-bond acceptors (Lipinski definition) is 11. The molecular formula is C37H32F3N6O8PS. The van der Waals surface area contributed by atoms with E-state index < -0.39 is 42.7 Å². The van der Waals surface area contributed by atoms with Crippen molar-refractivity contribution in [3.05, 3.63) is 129 Å². The summed E-state index contributed by atoms with van der Waals surface area (Å²) in [6.45, 7) is 1.30. The Labute approximate surface area is 320 Å². The van der Waals surface area contributed by atoms with E-state index in [1.165, 1.54) is 29.1 Å². The molecule has 0 radical (unpaired) electrons. The van der Waals surface area contributed by atoms with Crippen molar-refractivity contribution in [2.75, 3.05) is 18.5 Å². The second-order valence-electron chi connectivity index (χ2n) is 11.9. The van der Waals surface area contributed by atoms with Gasteiger partial charge in [-0.3, -0.25) is 23.7 Å². The summed E-state index contributed by atoms with van der Waals surface area (Å²) < 4.78 is 72.8. The lowest BCUT2D eigenvalue weighted by Gasteiger charge is -2.19. The number of carbonyl (C=O) groups excluding carboxylic acids is 1. The number of halogens is 3. The van der Waals surface area contributed by atoms with Crippen molar-refractivity contribution in [3.63, 3.8) is 0 Å². The Morgan fingerprint density at radius 1 is 0.929 bits per heavy atom. The normalized spacial score (nSPS) is 11.8. The van der Waals surface area contributed by atoms with Gasteiger partial charge in [0, 0.05) is 53.8 Å². The molecule has 4 heterocycles. The highest BCUT2D eigenvalue weighted by Gasteiger charge is 2.34. The number of nitrogens with zero attached hydrogens (tertiary/aromatic N) is 4. The van der Waals surface area contributed by atoms with E-state index in [4.69, 9.17) is 13.6 Å². The second-order valence-corrected chi connectivity index (χ2v) is 14.4. The minimum absolute atomic E-state index is 0.000474. The number of urea groups is 1. The van der Waals surface area contributed by atoms with E-state index in [9.17, 15) is 37.2 Å². The molecule has 0 aliphatic heterocycles. The standard InChI is InChI=1S/C37H32F3N6O8PS/c1-2-41-36(50)45-31-16-26(34-44-30(22-56-34)37(38,39)40)28(18-42-31)25-15-27-32(47)29(35(48)49)19-46(33(27)43-17-25)13-14-52-55(51,53-20-23-9-5-3-6-10-23)54-21-24-11-7-4-8-12-24/h3-12,15-19,22H,2,13-14,20-21H2,1H3,(H,48,49)(H2,41,42,45,50). The van der Waals surface area contributed by atoms with E-state index in [1.807, 2.05) is 12.1 Å². The van der Waals surface area contributed by atoms with Gasteiger partial charge in [-0.1, -0.05) is 60.7 Å². The summed E-state index contributed by atoms with van der Waals surface area (Å²) in [6, 6.07) is 19.9. The number of aromatic carboxylic acids is 1. The number of carbonyl (C=O) groups is 2. The third kappa shape index (κ3) is 9.71. The van der Waals surface area contributed by atoms with Crippen LogP contribution in [0.5, 0.6) is 0 Å². The Morgan fingerprint density at radius 3 is 2.18 bits per heavy atom. The average Bonchev–Trinajstić information content (AvgIpc) is 3.70. The Bertz CT molecular complexity index is 2420. The third-order valence-electron chi connectivity index (χ3n) is 8.01. The van der Waals surface area contributed by atoms with Crippen molar-refractivity contribution in [2.24, 2.45) is 0 Å². The first kappa shape index (κ1) is 39.9. The van der Waals surface area contributed by atoms with Gasteiger partial charge in [0.25, 0.3) is 0 Å². The van der Waals surface area contributed by atoms with E-state index in [-0.39, 0.29) is 64.9 Å². The maximum Gasteiger partial charge on any atom is 0.475 e. The first-order valence-electron chi connectivity index (χ1n) is 16.8. The minimum Gasteiger partial charge on any atom is -0.477 e. The summed E-state index contributed by atoms with van der Waals surface area (Å²) in [5, 5.41) is 15.6. The maximum absolute atomic E-state index is 13.8. The van der Waals surface area contributed by atoms with Gasteiger partial charge in [-0.25, -0.2) is 29.1 Å². The number of benzene rings is 2. The number of rotatable bonds is 15. The van der Waals surface area contributed by atoms with Crippen LogP contribution < -0.4 is 16.1 Å². The van der Waals surface area contributed by atoms with Crippen LogP contribution in [-0.2, 0) is 44.1 Å². The Balaban J connectivity index is 1.33. The van der Waals surface area contributed by atoms with Gasteiger partial charge in [-0.2, -0.15) is 13.2 Å². The number of thiazole rings is 1. The van der Waals surface area contributed by atoms with Crippen LogP contribution in [0.1, 0.15) is 34.1 Å². The number of hydrogen-bond donors (Lipinski definition) is 3. The van der Waals surface area contributed by atoms with Crippen LogP contribution in [0.4, 0.5) is 23.8 Å². The van der Waals surface area contributed by atoms with Gasteiger partial charge in [0.05, 0.1) is 25.2 Å². The Hall–Kier alpha value is -5.78. The Morgan fingerprint density at radius 2 is 1.59 bits per heavy atom. The van der Waals surface area contributed by atoms with Crippen molar-refractivity contribution >= 4 is 48.0 Å². The molecule has 0 spiro atoms. The highest BCUT2D eigenvalue weighted by Crippen LogP contribution is 2.51. The maximum atomic E-state index is 13.8.